The van der Waals surface area contributed by atoms with Gasteiger partial charge >= 0.3 is 0 Å². The number of hydrogen-bond acceptors (Lipinski definition) is 3. The molecule has 0 spiro atoms. The molecule has 3 aromatic rings. The van der Waals surface area contributed by atoms with Gasteiger partial charge in [0, 0.05) is 17.3 Å². The quantitative estimate of drug-likeness (QED) is 0.756. The molecule has 0 unspecified atom stereocenters. The average molecular weight is 306 g/mol. The summed E-state index contributed by atoms with van der Waals surface area (Å²) >= 11 is 0. The second-order valence-corrected chi connectivity index (χ2v) is 5.39. The van der Waals surface area contributed by atoms with Crippen molar-refractivity contribution in [2.45, 2.75) is 6.54 Å². The zero-order chi connectivity index (χ0) is 15.6. The van der Waals surface area contributed by atoms with Gasteiger partial charge in [-0.1, -0.05) is 30.3 Å². The van der Waals surface area contributed by atoms with Gasteiger partial charge in [0.05, 0.1) is 12.2 Å². The lowest BCUT2D eigenvalue weighted by Crippen LogP contribution is -2.29. The van der Waals surface area contributed by atoms with E-state index in [-0.39, 0.29) is 5.82 Å². The first-order valence-corrected chi connectivity index (χ1v) is 7.38. The summed E-state index contributed by atoms with van der Waals surface area (Å²) < 4.78 is 13.0. The third-order valence-corrected chi connectivity index (χ3v) is 3.82. The number of halogens is 1. The van der Waals surface area contributed by atoms with E-state index in [9.17, 15) is 4.39 Å². The van der Waals surface area contributed by atoms with Gasteiger partial charge in [0.2, 0.25) is 0 Å². The maximum Gasteiger partial charge on any atom is 0.137 e. The second-order valence-electron chi connectivity index (χ2n) is 5.39. The van der Waals surface area contributed by atoms with Crippen LogP contribution >= 0.6 is 0 Å². The van der Waals surface area contributed by atoms with Crippen molar-refractivity contribution >= 4 is 17.8 Å². The molecule has 0 atom stereocenters. The van der Waals surface area contributed by atoms with Gasteiger partial charge in [0.15, 0.2) is 0 Å². The van der Waals surface area contributed by atoms with Crippen LogP contribution in [0.1, 0.15) is 5.56 Å². The Morgan fingerprint density at radius 1 is 1.04 bits per heavy atom. The number of aliphatic imine (C=N–C) groups is 1. The Labute approximate surface area is 133 Å². The molecule has 4 nitrogen and oxygen atoms in total. The molecule has 2 N–H and O–H groups in total. The number of H-pyrrole nitrogens is 1. The number of fused-ring (bicyclic) bond motifs is 1. The van der Waals surface area contributed by atoms with Crippen LogP contribution in [-0.4, -0.2) is 16.3 Å². The molecule has 1 aliphatic heterocycles. The Kier molecular flexibility index (Phi) is 3.31. The highest BCUT2D eigenvalue weighted by Gasteiger charge is 2.18. The van der Waals surface area contributed by atoms with Crippen LogP contribution in [0, 0.1) is 5.82 Å². The molecule has 23 heavy (non-hydrogen) atoms. The Bertz CT molecular complexity index is 837. The third kappa shape index (κ3) is 2.68. The first-order chi connectivity index (χ1) is 11.3. The number of hydrazine groups is 1. The first kappa shape index (κ1) is 13.6. The van der Waals surface area contributed by atoms with Crippen molar-refractivity contribution in [3.63, 3.8) is 0 Å². The summed E-state index contributed by atoms with van der Waals surface area (Å²) in [7, 11) is 0. The normalized spacial score (nSPS) is 13.0. The Morgan fingerprint density at radius 2 is 1.83 bits per heavy atom. The van der Waals surface area contributed by atoms with E-state index < -0.39 is 0 Å². The molecular weight excluding hydrogens is 291 g/mol. The summed E-state index contributed by atoms with van der Waals surface area (Å²) in [5.41, 5.74) is 7.47. The molecule has 5 heteroatoms. The molecular formula is C18H15FN4. The number of hydrogen-bond donors (Lipinski definition) is 2. The van der Waals surface area contributed by atoms with Crippen LogP contribution < -0.4 is 5.43 Å². The van der Waals surface area contributed by atoms with Gasteiger partial charge in [-0.05, 0) is 29.8 Å². The number of nitrogens with zero attached hydrogens (tertiary/aromatic N) is 2. The molecule has 0 radical (unpaired) electrons. The van der Waals surface area contributed by atoms with Crippen molar-refractivity contribution in [2.24, 2.45) is 4.99 Å². The molecule has 2 aromatic carbocycles. The zero-order valence-electron chi connectivity index (χ0n) is 12.3. The van der Waals surface area contributed by atoms with Gasteiger partial charge in [-0.3, -0.25) is 10.4 Å². The maximum absolute atomic E-state index is 13.0. The van der Waals surface area contributed by atoms with Gasteiger partial charge in [-0.25, -0.2) is 9.38 Å². The lowest BCUT2D eigenvalue weighted by molar-refractivity contribution is 0.500. The van der Waals surface area contributed by atoms with Gasteiger partial charge in [-0.2, -0.15) is 0 Å². The van der Waals surface area contributed by atoms with Gasteiger partial charge in [0.1, 0.15) is 18.0 Å². The largest absolute Gasteiger partial charge is 0.346 e. The van der Waals surface area contributed by atoms with Crippen LogP contribution in [0.15, 0.2) is 65.8 Å². The highest BCUT2D eigenvalue weighted by atomic mass is 19.1. The van der Waals surface area contributed by atoms with E-state index in [1.165, 1.54) is 12.1 Å². The number of aromatic amines is 1. The highest BCUT2D eigenvalue weighted by molar-refractivity contribution is 5.76. The fourth-order valence-electron chi connectivity index (χ4n) is 2.69. The van der Waals surface area contributed by atoms with E-state index >= 15 is 0 Å². The number of rotatable bonds is 3. The molecule has 0 fully saturated rings. The minimum Gasteiger partial charge on any atom is -0.346 e. The Morgan fingerprint density at radius 3 is 2.61 bits per heavy atom. The standard InChI is InChI=1S/C18H15FN4/c19-14-6-8-15(9-7-14)22-23-11-17-16(10-20-18(17)21-12-23)13-4-2-1-3-5-13/h1-10,12,20,22H,11H2. The van der Waals surface area contributed by atoms with E-state index in [2.05, 4.69) is 27.5 Å². The predicted molar refractivity (Wildman–Crippen MR) is 89.9 cm³/mol. The summed E-state index contributed by atoms with van der Waals surface area (Å²) in [5.74, 6) is 0.628. The lowest BCUT2D eigenvalue weighted by Gasteiger charge is -2.25. The van der Waals surface area contributed by atoms with Crippen molar-refractivity contribution in [3.8, 4) is 11.1 Å². The summed E-state index contributed by atoms with van der Waals surface area (Å²) in [4.78, 5) is 7.66. The smallest absolute Gasteiger partial charge is 0.137 e. The SMILES string of the molecule is Fc1ccc(NN2C=Nc3[nH]cc(-c4ccccc4)c3C2)cc1. The molecule has 0 aliphatic carbocycles. The van der Waals surface area contributed by atoms with E-state index in [0.29, 0.717) is 6.54 Å². The van der Waals surface area contributed by atoms with Gasteiger partial charge in [0.25, 0.3) is 0 Å². The summed E-state index contributed by atoms with van der Waals surface area (Å²) in [5, 5.41) is 1.88. The van der Waals surface area contributed by atoms with E-state index in [1.54, 1.807) is 18.5 Å². The molecule has 1 aliphatic rings. The third-order valence-electron chi connectivity index (χ3n) is 3.82. The number of benzene rings is 2. The molecule has 1 aromatic heterocycles. The van der Waals surface area contributed by atoms with Crippen molar-refractivity contribution in [2.75, 3.05) is 5.43 Å². The molecule has 0 saturated heterocycles. The van der Waals surface area contributed by atoms with Crippen LogP contribution in [0.4, 0.5) is 15.9 Å². The number of aromatic nitrogens is 1. The summed E-state index contributed by atoms with van der Waals surface area (Å²) in [6.07, 6.45) is 3.72. The molecule has 4 rings (SSSR count). The topological polar surface area (TPSA) is 43.4 Å². The average Bonchev–Trinajstić information content (AvgIpc) is 3.01. The zero-order valence-corrected chi connectivity index (χ0v) is 12.3. The predicted octanol–water partition coefficient (Wildman–Crippen LogP) is 4.32. The van der Waals surface area contributed by atoms with Gasteiger partial charge < -0.3 is 4.98 Å². The Balaban J connectivity index is 1.59. The molecule has 0 saturated carbocycles. The maximum atomic E-state index is 13.0. The fraction of sp³-hybridized carbons (Fsp3) is 0.0556. The molecule has 114 valence electrons. The highest BCUT2D eigenvalue weighted by Crippen LogP contribution is 2.33. The van der Waals surface area contributed by atoms with Crippen LogP contribution in [0.5, 0.6) is 0 Å². The van der Waals surface area contributed by atoms with Crippen LogP contribution in [0.3, 0.4) is 0 Å². The van der Waals surface area contributed by atoms with Crippen LogP contribution in [0.25, 0.3) is 11.1 Å². The monoisotopic (exact) mass is 306 g/mol. The minimum absolute atomic E-state index is 0.248. The lowest BCUT2D eigenvalue weighted by atomic mass is 10.0. The number of nitrogens with one attached hydrogen (secondary N) is 2. The van der Waals surface area contributed by atoms with E-state index in [1.807, 2.05) is 29.4 Å². The van der Waals surface area contributed by atoms with Gasteiger partial charge in [-0.15, -0.1) is 0 Å². The van der Waals surface area contributed by atoms with Crippen molar-refractivity contribution in [3.05, 3.63) is 72.2 Å². The molecule has 2 heterocycles. The number of anilines is 1. The van der Waals surface area contributed by atoms with E-state index in [4.69, 9.17) is 0 Å². The minimum atomic E-state index is -0.248. The summed E-state index contributed by atoms with van der Waals surface area (Å²) in [6.45, 7) is 0.671. The van der Waals surface area contributed by atoms with E-state index in [0.717, 1.165) is 28.2 Å². The van der Waals surface area contributed by atoms with Crippen molar-refractivity contribution in [1.29, 1.82) is 0 Å². The molecule has 0 bridgehead atoms. The van der Waals surface area contributed by atoms with Crippen molar-refractivity contribution in [1.82, 2.24) is 9.99 Å². The summed E-state index contributed by atoms with van der Waals surface area (Å²) in [6, 6.07) is 16.5. The molecule has 0 amide bonds. The Hall–Kier alpha value is -3.08. The van der Waals surface area contributed by atoms with Crippen LogP contribution in [0.2, 0.25) is 0 Å². The van der Waals surface area contributed by atoms with Crippen LogP contribution in [-0.2, 0) is 6.54 Å². The fourth-order valence-corrected chi connectivity index (χ4v) is 2.69. The van der Waals surface area contributed by atoms with Crippen molar-refractivity contribution < 1.29 is 4.39 Å². The first-order valence-electron chi connectivity index (χ1n) is 7.38. The second kappa shape index (κ2) is 5.61.